The molecule has 0 radical (unpaired) electrons. The third-order valence-electron chi connectivity index (χ3n) is 2.46. The first-order chi connectivity index (χ1) is 7.52. The van der Waals surface area contributed by atoms with Crippen LogP contribution in [0.25, 0.3) is 0 Å². The van der Waals surface area contributed by atoms with Crippen molar-refractivity contribution in [2.24, 2.45) is 0 Å². The van der Waals surface area contributed by atoms with Crippen LogP contribution < -0.4 is 5.32 Å². The first-order valence-corrected chi connectivity index (χ1v) is 5.37. The molecule has 1 aliphatic rings. The summed E-state index contributed by atoms with van der Waals surface area (Å²) >= 11 is 3.07. The topological polar surface area (TPSA) is 86.6 Å². The number of carboxylic acids is 1. The molecule has 5 nitrogen and oxygen atoms in total. The number of carbonyl (C=O) groups is 2. The summed E-state index contributed by atoms with van der Waals surface area (Å²) in [6.07, 6.45) is 0.556. The van der Waals surface area contributed by atoms with Gasteiger partial charge in [0.2, 0.25) is 0 Å². The van der Waals surface area contributed by atoms with E-state index >= 15 is 0 Å². The highest BCUT2D eigenvalue weighted by molar-refractivity contribution is 9.10. The van der Waals surface area contributed by atoms with Crippen molar-refractivity contribution in [2.75, 3.05) is 6.54 Å². The minimum atomic E-state index is -1.31. The number of hydrogen-bond acceptors (Lipinski definition) is 3. The largest absolute Gasteiger partial charge is 0.506 e. The van der Waals surface area contributed by atoms with Crippen molar-refractivity contribution in [1.29, 1.82) is 0 Å². The summed E-state index contributed by atoms with van der Waals surface area (Å²) in [4.78, 5) is 22.6. The fourth-order valence-corrected chi connectivity index (χ4v) is 2.23. The van der Waals surface area contributed by atoms with Gasteiger partial charge >= 0.3 is 5.97 Å². The first-order valence-electron chi connectivity index (χ1n) is 4.58. The van der Waals surface area contributed by atoms with Crippen LogP contribution >= 0.6 is 15.9 Å². The zero-order valence-electron chi connectivity index (χ0n) is 8.08. The van der Waals surface area contributed by atoms with Crippen LogP contribution in [0.15, 0.2) is 10.5 Å². The Hall–Kier alpha value is -1.56. The minimum absolute atomic E-state index is 0.0550. The van der Waals surface area contributed by atoms with Gasteiger partial charge in [0.25, 0.3) is 5.91 Å². The highest BCUT2D eigenvalue weighted by atomic mass is 79.9. The van der Waals surface area contributed by atoms with E-state index in [2.05, 4.69) is 21.2 Å². The number of carboxylic acid groups (broad SMARTS) is 1. The molecule has 2 rings (SSSR count). The Morgan fingerprint density at radius 2 is 2.19 bits per heavy atom. The van der Waals surface area contributed by atoms with E-state index < -0.39 is 17.6 Å². The van der Waals surface area contributed by atoms with Gasteiger partial charge in [0, 0.05) is 6.54 Å². The van der Waals surface area contributed by atoms with Crippen LogP contribution in [0.2, 0.25) is 0 Å². The standard InChI is InChI=1S/C10H8BrNO4/c11-5-3-4-1-2-12-9(14)6(4)7(8(5)13)10(15)16/h3,13H,1-2H2,(H,12,14)(H,15,16). The van der Waals surface area contributed by atoms with Gasteiger partial charge in [-0.3, -0.25) is 4.79 Å². The molecule has 84 valence electrons. The third-order valence-corrected chi connectivity index (χ3v) is 3.06. The maximum atomic E-state index is 11.6. The van der Waals surface area contributed by atoms with Crippen LogP contribution in [-0.4, -0.2) is 28.6 Å². The molecule has 0 aliphatic carbocycles. The average Bonchev–Trinajstić information content (AvgIpc) is 2.20. The number of aromatic carboxylic acids is 1. The first kappa shape index (κ1) is 10.9. The van der Waals surface area contributed by atoms with E-state index in [1.54, 1.807) is 6.07 Å². The van der Waals surface area contributed by atoms with E-state index in [1.807, 2.05) is 0 Å². The molecule has 0 unspecified atom stereocenters. The van der Waals surface area contributed by atoms with Crippen LogP contribution in [0, 0.1) is 0 Å². The molecule has 0 saturated heterocycles. The monoisotopic (exact) mass is 285 g/mol. The molecular weight excluding hydrogens is 278 g/mol. The van der Waals surface area contributed by atoms with Crippen LogP contribution in [0.5, 0.6) is 5.75 Å². The quantitative estimate of drug-likeness (QED) is 0.722. The van der Waals surface area contributed by atoms with Gasteiger partial charge in [0.05, 0.1) is 10.0 Å². The predicted molar refractivity (Wildman–Crippen MR) is 58.8 cm³/mol. The second-order valence-corrected chi connectivity index (χ2v) is 4.28. The van der Waals surface area contributed by atoms with Crippen molar-refractivity contribution in [3.05, 3.63) is 27.2 Å². The highest BCUT2D eigenvalue weighted by Crippen LogP contribution is 2.34. The second-order valence-electron chi connectivity index (χ2n) is 3.43. The lowest BCUT2D eigenvalue weighted by Crippen LogP contribution is -2.33. The third kappa shape index (κ3) is 1.55. The van der Waals surface area contributed by atoms with E-state index in [0.717, 1.165) is 0 Å². The van der Waals surface area contributed by atoms with E-state index in [0.29, 0.717) is 23.0 Å². The minimum Gasteiger partial charge on any atom is -0.506 e. The van der Waals surface area contributed by atoms with Gasteiger partial charge in [-0.25, -0.2) is 4.79 Å². The molecule has 1 heterocycles. The number of rotatable bonds is 1. The summed E-state index contributed by atoms with van der Waals surface area (Å²) in [5.74, 6) is -2.18. The molecule has 0 saturated carbocycles. The number of amides is 1. The van der Waals surface area contributed by atoms with E-state index in [9.17, 15) is 14.7 Å². The molecule has 0 spiro atoms. The van der Waals surface area contributed by atoms with Gasteiger partial charge in [-0.1, -0.05) is 0 Å². The van der Waals surface area contributed by atoms with Crippen molar-refractivity contribution in [3.8, 4) is 5.75 Å². The number of hydrogen-bond donors (Lipinski definition) is 3. The average molecular weight is 286 g/mol. The van der Waals surface area contributed by atoms with Crippen LogP contribution in [0.4, 0.5) is 0 Å². The molecule has 1 aromatic carbocycles. The molecule has 0 atom stereocenters. The lowest BCUT2D eigenvalue weighted by atomic mass is 9.94. The number of nitrogens with one attached hydrogen (secondary N) is 1. The summed E-state index contributed by atoms with van der Waals surface area (Å²) in [5.41, 5.74) is 0.340. The highest BCUT2D eigenvalue weighted by Gasteiger charge is 2.28. The Bertz CT molecular complexity index is 498. The smallest absolute Gasteiger partial charge is 0.340 e. The van der Waals surface area contributed by atoms with E-state index in [1.165, 1.54) is 0 Å². The predicted octanol–water partition coefficient (Wildman–Crippen LogP) is 1.14. The second kappa shape index (κ2) is 3.79. The van der Waals surface area contributed by atoms with Gasteiger partial charge in [-0.2, -0.15) is 0 Å². The summed E-state index contributed by atoms with van der Waals surface area (Å²) in [7, 11) is 0. The van der Waals surface area contributed by atoms with Crippen molar-refractivity contribution in [2.45, 2.75) is 6.42 Å². The lowest BCUT2D eigenvalue weighted by Gasteiger charge is -2.19. The number of fused-ring (bicyclic) bond motifs is 1. The molecule has 1 aromatic rings. The number of carbonyl (C=O) groups excluding carboxylic acids is 1. The summed E-state index contributed by atoms with van der Waals surface area (Å²) in [5, 5.41) is 21.2. The van der Waals surface area contributed by atoms with Crippen LogP contribution in [0.3, 0.4) is 0 Å². The molecule has 6 heteroatoms. The maximum absolute atomic E-state index is 11.6. The molecule has 16 heavy (non-hydrogen) atoms. The van der Waals surface area contributed by atoms with Gasteiger partial charge in [0.1, 0.15) is 11.3 Å². The van der Waals surface area contributed by atoms with Crippen molar-refractivity contribution >= 4 is 27.8 Å². The summed E-state index contributed by atoms with van der Waals surface area (Å²) in [6.45, 7) is 0.474. The fourth-order valence-electron chi connectivity index (χ4n) is 1.76. The number of phenols is 1. The van der Waals surface area contributed by atoms with Gasteiger partial charge in [-0.05, 0) is 34.0 Å². The maximum Gasteiger partial charge on any atom is 0.340 e. The normalized spacial score (nSPS) is 14.2. The van der Waals surface area contributed by atoms with Gasteiger partial charge < -0.3 is 15.5 Å². The zero-order valence-corrected chi connectivity index (χ0v) is 9.67. The molecular formula is C10H8BrNO4. The number of aromatic hydroxyl groups is 1. The van der Waals surface area contributed by atoms with Crippen molar-refractivity contribution < 1.29 is 19.8 Å². The lowest BCUT2D eigenvalue weighted by molar-refractivity contribution is 0.0686. The molecule has 0 bridgehead atoms. The van der Waals surface area contributed by atoms with Crippen molar-refractivity contribution in [3.63, 3.8) is 0 Å². The summed E-state index contributed by atoms with van der Waals surface area (Å²) < 4.78 is 0.290. The van der Waals surface area contributed by atoms with Gasteiger partial charge in [0.15, 0.2) is 0 Å². The Morgan fingerprint density at radius 3 is 2.81 bits per heavy atom. The van der Waals surface area contributed by atoms with E-state index in [-0.39, 0.29) is 11.1 Å². The fraction of sp³-hybridized carbons (Fsp3) is 0.200. The molecule has 0 fully saturated rings. The Kier molecular flexibility index (Phi) is 2.59. The van der Waals surface area contributed by atoms with Crippen molar-refractivity contribution in [1.82, 2.24) is 5.32 Å². The summed E-state index contributed by atoms with van der Waals surface area (Å²) in [6, 6.07) is 1.58. The Labute approximate surface area is 99.2 Å². The molecule has 0 aromatic heterocycles. The zero-order chi connectivity index (χ0) is 11.9. The van der Waals surface area contributed by atoms with Crippen LogP contribution in [0.1, 0.15) is 26.3 Å². The Balaban J connectivity index is 2.78. The SMILES string of the molecule is O=C1NCCc2cc(Br)c(O)c(C(=O)O)c21. The number of benzene rings is 1. The van der Waals surface area contributed by atoms with E-state index in [4.69, 9.17) is 5.11 Å². The number of halogens is 1. The Morgan fingerprint density at radius 1 is 1.50 bits per heavy atom. The molecule has 1 amide bonds. The molecule has 3 N–H and O–H groups in total. The molecule has 1 aliphatic heterocycles. The van der Waals surface area contributed by atoms with Gasteiger partial charge in [-0.15, -0.1) is 0 Å². The van der Waals surface area contributed by atoms with Crippen LogP contribution in [-0.2, 0) is 6.42 Å².